The first kappa shape index (κ1) is 25.4. The molecule has 0 aliphatic heterocycles. The summed E-state index contributed by atoms with van der Waals surface area (Å²) < 4.78 is 2.63. The predicted octanol–water partition coefficient (Wildman–Crippen LogP) is 3.84. The van der Waals surface area contributed by atoms with Crippen LogP contribution >= 0.6 is 22.9 Å². The van der Waals surface area contributed by atoms with Crippen LogP contribution in [0.25, 0.3) is 10.2 Å². The number of aromatic nitrogens is 2. The van der Waals surface area contributed by atoms with Crippen LogP contribution in [0.1, 0.15) is 23.1 Å². The minimum absolute atomic E-state index is 0.0781. The van der Waals surface area contributed by atoms with E-state index < -0.39 is 17.2 Å². The Kier molecular flexibility index (Phi) is 7.71. The summed E-state index contributed by atoms with van der Waals surface area (Å²) in [5, 5.41) is 7.80. The minimum Gasteiger partial charge on any atom is -0.352 e. The summed E-state index contributed by atoms with van der Waals surface area (Å²) >= 11 is 7.31. The van der Waals surface area contributed by atoms with Gasteiger partial charge < -0.3 is 10.6 Å². The van der Waals surface area contributed by atoms with Crippen molar-refractivity contribution in [1.82, 2.24) is 14.5 Å². The van der Waals surface area contributed by atoms with Gasteiger partial charge in [0.15, 0.2) is 0 Å². The van der Waals surface area contributed by atoms with Crippen LogP contribution in [0.15, 0.2) is 63.5 Å². The van der Waals surface area contributed by atoms with Crippen molar-refractivity contribution in [2.24, 2.45) is 0 Å². The first-order valence-corrected chi connectivity index (χ1v) is 12.6. The van der Waals surface area contributed by atoms with Crippen LogP contribution in [0.2, 0.25) is 5.02 Å². The fraction of sp³-hybridized carbons (Fsp3) is 0.231. The normalized spacial score (nSPS) is 11.0. The zero-order valence-electron chi connectivity index (χ0n) is 19.8. The highest BCUT2D eigenvalue weighted by Gasteiger charge is 2.17. The first-order valence-electron chi connectivity index (χ1n) is 11.3. The summed E-state index contributed by atoms with van der Waals surface area (Å²) in [6, 6.07) is 14.4. The molecule has 0 saturated carbocycles. The largest absolute Gasteiger partial charge is 0.352 e. The number of thiophene rings is 1. The van der Waals surface area contributed by atoms with E-state index in [0.717, 1.165) is 21.3 Å². The fourth-order valence-electron chi connectivity index (χ4n) is 3.78. The quantitative estimate of drug-likeness (QED) is 0.365. The van der Waals surface area contributed by atoms with E-state index in [1.54, 1.807) is 35.7 Å². The van der Waals surface area contributed by atoms with Crippen LogP contribution in [-0.4, -0.2) is 20.9 Å². The first-order chi connectivity index (χ1) is 17.2. The standard InChI is InChI=1S/C26H25ClN4O4S/c1-16-7-8-19(13-17(16)2)29-23(33)15-31-21-10-12-36-24(21)25(34)30(26(31)35)11-9-22(32)28-14-18-5-3-4-6-20(18)27/h3-8,10,12-13H,9,11,14-15H2,1-2H3,(H,28,32)(H,29,33). The molecule has 10 heteroatoms. The van der Waals surface area contributed by atoms with Crippen molar-refractivity contribution >= 4 is 50.7 Å². The van der Waals surface area contributed by atoms with Gasteiger partial charge in [0.1, 0.15) is 11.2 Å². The summed E-state index contributed by atoms with van der Waals surface area (Å²) in [6.07, 6.45) is -0.0781. The number of nitrogens with one attached hydrogen (secondary N) is 2. The highest BCUT2D eigenvalue weighted by Crippen LogP contribution is 2.17. The van der Waals surface area contributed by atoms with Gasteiger partial charge in [-0.15, -0.1) is 11.3 Å². The maximum Gasteiger partial charge on any atom is 0.332 e. The minimum atomic E-state index is -0.639. The molecule has 0 radical (unpaired) electrons. The molecule has 2 N–H and O–H groups in total. The molecule has 2 heterocycles. The summed E-state index contributed by atoms with van der Waals surface area (Å²) in [5.41, 5.74) is 2.81. The van der Waals surface area contributed by atoms with Gasteiger partial charge >= 0.3 is 5.69 Å². The zero-order valence-corrected chi connectivity index (χ0v) is 21.4. The Balaban J connectivity index is 1.51. The number of amides is 2. The van der Waals surface area contributed by atoms with Gasteiger partial charge in [0.2, 0.25) is 11.8 Å². The van der Waals surface area contributed by atoms with Gasteiger partial charge in [-0.3, -0.25) is 23.5 Å². The lowest BCUT2D eigenvalue weighted by atomic mass is 10.1. The molecule has 0 fully saturated rings. The molecule has 0 saturated heterocycles. The average molecular weight is 525 g/mol. The van der Waals surface area contributed by atoms with Crippen molar-refractivity contribution in [3.63, 3.8) is 0 Å². The van der Waals surface area contributed by atoms with E-state index in [1.807, 2.05) is 32.0 Å². The number of anilines is 1. The molecule has 0 spiro atoms. The second-order valence-corrected chi connectivity index (χ2v) is 9.75. The van der Waals surface area contributed by atoms with Gasteiger partial charge in [0.25, 0.3) is 5.56 Å². The SMILES string of the molecule is Cc1ccc(NC(=O)Cn2c(=O)n(CCC(=O)NCc3ccccc3Cl)c(=O)c3sccc32)cc1C. The zero-order chi connectivity index (χ0) is 25.8. The molecule has 36 heavy (non-hydrogen) atoms. The van der Waals surface area contributed by atoms with Crippen LogP contribution in [0, 0.1) is 13.8 Å². The molecular weight excluding hydrogens is 500 g/mol. The molecule has 2 aromatic carbocycles. The lowest BCUT2D eigenvalue weighted by molar-refractivity contribution is -0.121. The summed E-state index contributed by atoms with van der Waals surface area (Å²) in [6.45, 7) is 3.79. The lowest BCUT2D eigenvalue weighted by Crippen LogP contribution is -2.42. The van der Waals surface area contributed by atoms with Gasteiger partial charge in [-0.1, -0.05) is 35.9 Å². The number of rotatable bonds is 8. The van der Waals surface area contributed by atoms with E-state index in [2.05, 4.69) is 10.6 Å². The van der Waals surface area contributed by atoms with Crippen LogP contribution in [0.5, 0.6) is 0 Å². The Morgan fingerprint density at radius 1 is 0.972 bits per heavy atom. The molecule has 0 aliphatic rings. The van der Waals surface area contributed by atoms with Gasteiger partial charge in [0.05, 0.1) is 5.52 Å². The van der Waals surface area contributed by atoms with Crippen molar-refractivity contribution in [1.29, 1.82) is 0 Å². The van der Waals surface area contributed by atoms with E-state index in [9.17, 15) is 19.2 Å². The molecule has 0 atom stereocenters. The number of carbonyl (C=O) groups excluding carboxylic acids is 2. The van der Waals surface area contributed by atoms with E-state index in [4.69, 9.17) is 11.6 Å². The van der Waals surface area contributed by atoms with Crippen molar-refractivity contribution in [2.45, 2.75) is 39.9 Å². The van der Waals surface area contributed by atoms with E-state index in [-0.39, 0.29) is 32.0 Å². The molecule has 0 unspecified atom stereocenters. The number of aryl methyl sites for hydroxylation is 2. The average Bonchev–Trinajstić information content (AvgIpc) is 3.34. The summed E-state index contributed by atoms with van der Waals surface area (Å²) in [4.78, 5) is 51.4. The van der Waals surface area contributed by atoms with Gasteiger partial charge in [-0.2, -0.15) is 0 Å². The fourth-order valence-corrected chi connectivity index (χ4v) is 4.83. The van der Waals surface area contributed by atoms with Crippen molar-refractivity contribution < 1.29 is 9.59 Å². The van der Waals surface area contributed by atoms with Crippen molar-refractivity contribution in [3.8, 4) is 0 Å². The maximum atomic E-state index is 13.2. The van der Waals surface area contributed by atoms with Crippen LogP contribution < -0.4 is 21.9 Å². The third-order valence-electron chi connectivity index (χ3n) is 5.93. The number of nitrogens with zero attached hydrogens (tertiary/aromatic N) is 2. The Labute approximate surface area is 216 Å². The Hall–Kier alpha value is -3.69. The van der Waals surface area contributed by atoms with Crippen LogP contribution in [0.4, 0.5) is 5.69 Å². The second-order valence-electron chi connectivity index (χ2n) is 8.43. The number of fused-ring (bicyclic) bond motifs is 1. The number of hydrogen-bond donors (Lipinski definition) is 2. The Morgan fingerprint density at radius 2 is 1.75 bits per heavy atom. The highest BCUT2D eigenvalue weighted by atomic mass is 35.5. The third kappa shape index (κ3) is 5.58. The molecule has 2 amide bonds. The van der Waals surface area contributed by atoms with Crippen molar-refractivity contribution in [2.75, 3.05) is 5.32 Å². The lowest BCUT2D eigenvalue weighted by Gasteiger charge is -2.13. The molecular formula is C26H25ClN4O4S. The van der Waals surface area contributed by atoms with Crippen LogP contribution in [0.3, 0.4) is 0 Å². The van der Waals surface area contributed by atoms with Gasteiger partial charge in [-0.05, 0) is 60.2 Å². The topological polar surface area (TPSA) is 102 Å². The monoisotopic (exact) mass is 524 g/mol. The molecule has 4 aromatic rings. The maximum absolute atomic E-state index is 13.2. The molecule has 186 valence electrons. The molecule has 2 aromatic heterocycles. The van der Waals surface area contributed by atoms with E-state index in [1.165, 1.54) is 15.9 Å². The highest BCUT2D eigenvalue weighted by molar-refractivity contribution is 7.17. The Morgan fingerprint density at radius 3 is 2.50 bits per heavy atom. The molecule has 8 nitrogen and oxygen atoms in total. The van der Waals surface area contributed by atoms with Gasteiger partial charge in [0, 0.05) is 30.2 Å². The molecule has 4 rings (SSSR count). The van der Waals surface area contributed by atoms with Gasteiger partial charge in [-0.25, -0.2) is 4.79 Å². The second kappa shape index (κ2) is 10.9. The molecule has 0 aliphatic carbocycles. The third-order valence-corrected chi connectivity index (χ3v) is 7.19. The smallest absolute Gasteiger partial charge is 0.332 e. The van der Waals surface area contributed by atoms with E-state index in [0.29, 0.717) is 20.9 Å². The summed E-state index contributed by atoms with van der Waals surface area (Å²) in [5.74, 6) is -0.720. The number of carbonyl (C=O) groups is 2. The Bertz CT molecular complexity index is 1570. The summed E-state index contributed by atoms with van der Waals surface area (Å²) in [7, 11) is 0. The van der Waals surface area contributed by atoms with Crippen molar-refractivity contribution in [3.05, 3.63) is 96.5 Å². The van der Waals surface area contributed by atoms with Crippen LogP contribution in [-0.2, 0) is 29.2 Å². The number of hydrogen-bond acceptors (Lipinski definition) is 5. The number of benzene rings is 2. The number of halogens is 1. The molecule has 0 bridgehead atoms. The predicted molar refractivity (Wildman–Crippen MR) is 143 cm³/mol. The van der Waals surface area contributed by atoms with E-state index >= 15 is 0 Å².